The van der Waals surface area contributed by atoms with Crippen LogP contribution in [0.5, 0.6) is 0 Å². The fraction of sp³-hybridized carbons (Fsp3) is 0.950. The molecular formula is C40H68N2O31. The van der Waals surface area contributed by atoms with Gasteiger partial charge in [-0.3, -0.25) is 9.59 Å². The lowest BCUT2D eigenvalue weighted by Crippen LogP contribution is -2.70. The summed E-state index contributed by atoms with van der Waals surface area (Å²) in [6.07, 6.45) is -53.5. The van der Waals surface area contributed by atoms with Gasteiger partial charge in [-0.1, -0.05) is 0 Å². The van der Waals surface area contributed by atoms with Crippen LogP contribution in [0.3, 0.4) is 0 Å². The minimum atomic E-state index is -2.27. The average Bonchev–Trinajstić information content (AvgIpc) is 3.35. The van der Waals surface area contributed by atoms with Crippen molar-refractivity contribution in [3.8, 4) is 0 Å². The summed E-state index contributed by atoms with van der Waals surface area (Å²) < 4.78 is 62.5. The molecule has 33 heteroatoms. The molecule has 0 saturated carbocycles. The topological polar surface area (TPSA) is 524 Å². The molecule has 0 radical (unpaired) electrons. The third-order valence-corrected chi connectivity index (χ3v) is 13.2. The molecule has 6 aliphatic heterocycles. The second kappa shape index (κ2) is 26.0. The average molecular weight is 1070 g/mol. The molecule has 0 unspecified atom stereocenters. The van der Waals surface area contributed by atoms with Gasteiger partial charge in [0.15, 0.2) is 37.7 Å². The molecule has 0 aliphatic carbocycles. The molecule has 0 aromatic carbocycles. The van der Waals surface area contributed by atoms with Gasteiger partial charge in [-0.2, -0.15) is 0 Å². The Hall–Kier alpha value is -2.22. The molecule has 0 aromatic heterocycles. The summed E-state index contributed by atoms with van der Waals surface area (Å²) in [5, 5.41) is 197. The number of aliphatic hydroxyl groups is 18. The van der Waals surface area contributed by atoms with E-state index in [0.717, 1.165) is 13.8 Å². The molecule has 6 heterocycles. The molecule has 73 heavy (non-hydrogen) atoms. The number of hydrogen-bond acceptors (Lipinski definition) is 31. The Morgan fingerprint density at radius 1 is 0.356 bits per heavy atom. The van der Waals surface area contributed by atoms with Gasteiger partial charge in [0.2, 0.25) is 11.8 Å². The maximum absolute atomic E-state index is 12.6. The van der Waals surface area contributed by atoms with Crippen LogP contribution in [0.4, 0.5) is 0 Å². The first kappa shape index (κ1) is 60.0. The maximum Gasteiger partial charge on any atom is 0.217 e. The molecule has 0 aromatic rings. The van der Waals surface area contributed by atoms with Crippen molar-refractivity contribution in [3.63, 3.8) is 0 Å². The van der Waals surface area contributed by atoms with Gasteiger partial charge in [0.1, 0.15) is 146 Å². The quantitative estimate of drug-likeness (QED) is 0.0606. The van der Waals surface area contributed by atoms with Crippen molar-refractivity contribution < 1.29 is 154 Å². The van der Waals surface area contributed by atoms with Crippen LogP contribution in [0.1, 0.15) is 13.8 Å². The normalized spacial score (nSPS) is 49.8. The number of carbonyl (C=O) groups excluding carboxylic acids is 2. The smallest absolute Gasteiger partial charge is 0.217 e. The molecule has 424 valence electrons. The third kappa shape index (κ3) is 13.0. The summed E-state index contributed by atoms with van der Waals surface area (Å²) in [4.78, 5) is 24.4. The van der Waals surface area contributed by atoms with Crippen LogP contribution < -0.4 is 10.6 Å². The molecule has 20 N–H and O–H groups in total. The third-order valence-electron chi connectivity index (χ3n) is 13.2. The maximum atomic E-state index is 12.6. The zero-order valence-electron chi connectivity index (χ0n) is 38.9. The van der Waals surface area contributed by atoms with Crippen molar-refractivity contribution in [2.24, 2.45) is 0 Å². The van der Waals surface area contributed by atoms with E-state index in [1.165, 1.54) is 0 Å². The van der Waals surface area contributed by atoms with E-state index in [0.29, 0.717) is 0 Å². The monoisotopic (exact) mass is 1070 g/mol. The first-order valence-electron chi connectivity index (χ1n) is 23.1. The molecule has 6 fully saturated rings. The predicted molar refractivity (Wildman–Crippen MR) is 222 cm³/mol. The zero-order chi connectivity index (χ0) is 53.9. The summed E-state index contributed by atoms with van der Waals surface area (Å²) in [7, 11) is 0. The van der Waals surface area contributed by atoms with Gasteiger partial charge in [0.25, 0.3) is 0 Å². The number of hydrogen-bond donors (Lipinski definition) is 20. The highest BCUT2D eigenvalue weighted by Gasteiger charge is 2.57. The molecule has 6 aliphatic rings. The molecule has 0 spiro atoms. The van der Waals surface area contributed by atoms with Crippen LogP contribution in [0.2, 0.25) is 0 Å². The van der Waals surface area contributed by atoms with Gasteiger partial charge < -0.3 is 155 Å². The number of carbonyl (C=O) groups is 2. The summed E-state index contributed by atoms with van der Waals surface area (Å²) in [6, 6.07) is -3.28. The number of rotatable bonds is 18. The molecular weight excluding hydrogens is 1000 g/mol. The number of aliphatic hydroxyl groups excluding tert-OH is 18. The number of amides is 2. The van der Waals surface area contributed by atoms with Gasteiger partial charge >= 0.3 is 0 Å². The SMILES string of the molecule is CC(=O)N[C@@H]1[C@@H](O)[C@H](O[C@@H]2O[C@H](CO)[C@@H](O[C@@H]3O[C@H](CO[C@H]4O[C@H](CO)[C@@H](O)[C@H](O[C@@H]5O[C@H](CO)[C@@H](O)[C@H](O)[C@@H]5O)[C@@H]4O)[C@@H](O)[C@H](O[C@H]4O[C@H](CO)[C@@H](O)[C@H](O)[C@@H]4O)[C@@H]3O)[C@H](O)[C@H]2NC(C)=O)[C@@H](CO)O[C@H]1O. The van der Waals surface area contributed by atoms with Gasteiger partial charge in [-0.25, -0.2) is 0 Å². The Bertz CT molecular complexity index is 1750. The molecule has 33 nitrogen and oxygen atoms in total. The van der Waals surface area contributed by atoms with E-state index in [2.05, 4.69) is 10.6 Å². The van der Waals surface area contributed by atoms with Gasteiger partial charge in [-0.05, 0) is 0 Å². The lowest BCUT2D eigenvalue weighted by molar-refractivity contribution is -0.386. The Balaban J connectivity index is 1.26. The Kier molecular flexibility index (Phi) is 21.3. The standard InChI is InChI=1S/C40H68N2O31/c1-9(48)41-17-23(54)31(14(6-46)64-35(17)62)70-36-18(42-10(2)49)24(55)32(15(7-47)68-36)71-40-30(61)34(73-39-28(59)26(57)20(51)12(4-44)67-39)22(53)16(69-40)8-63-37-29(60)33(21(52)13(5-45)65-37)72-38-27(58)25(56)19(50)11(3-43)66-38/h11-40,43-47,50-62H,3-8H2,1-2H3,(H,41,48)(H,42,49)/t11-,12-,13-,14-,15-,16-,17-,18-,19-,20-,21-,22-,23-,24-,25+,26+,27+,28+,29+,30+,31-,32-,33+,34+,35-,36+,37+,38+,39-,40+/m1/s1. The number of ether oxygens (including phenoxy) is 11. The fourth-order valence-corrected chi connectivity index (χ4v) is 9.21. The lowest BCUT2D eigenvalue weighted by Gasteiger charge is -2.50. The van der Waals surface area contributed by atoms with Crippen molar-refractivity contribution in [1.29, 1.82) is 0 Å². The minimum Gasteiger partial charge on any atom is -0.394 e. The zero-order valence-corrected chi connectivity index (χ0v) is 38.9. The van der Waals surface area contributed by atoms with E-state index in [-0.39, 0.29) is 0 Å². The van der Waals surface area contributed by atoms with E-state index < -0.39 is 236 Å². The Morgan fingerprint density at radius 2 is 0.699 bits per heavy atom. The van der Waals surface area contributed by atoms with Crippen molar-refractivity contribution in [2.75, 3.05) is 39.6 Å². The first-order chi connectivity index (χ1) is 34.5. The van der Waals surface area contributed by atoms with E-state index in [1.54, 1.807) is 0 Å². The molecule has 6 saturated heterocycles. The highest BCUT2D eigenvalue weighted by Crippen LogP contribution is 2.36. The summed E-state index contributed by atoms with van der Waals surface area (Å²) in [5.74, 6) is -1.55. The van der Waals surface area contributed by atoms with Crippen LogP contribution in [0, 0.1) is 0 Å². The van der Waals surface area contributed by atoms with E-state index in [1.807, 2.05) is 0 Å². The van der Waals surface area contributed by atoms with Crippen molar-refractivity contribution in [2.45, 2.75) is 198 Å². The highest BCUT2D eigenvalue weighted by molar-refractivity contribution is 5.73. The molecule has 0 bridgehead atoms. The van der Waals surface area contributed by atoms with Crippen LogP contribution in [-0.4, -0.2) is 327 Å². The second-order valence-electron chi connectivity index (χ2n) is 18.3. The van der Waals surface area contributed by atoms with E-state index in [4.69, 9.17) is 52.1 Å². The Labute approximate surface area is 413 Å². The number of nitrogens with one attached hydrogen (secondary N) is 2. The molecule has 6 rings (SSSR count). The van der Waals surface area contributed by atoms with E-state index in [9.17, 15) is 102 Å². The second-order valence-corrected chi connectivity index (χ2v) is 18.3. The van der Waals surface area contributed by atoms with Crippen molar-refractivity contribution >= 4 is 11.8 Å². The minimum absolute atomic E-state index is 0.716. The lowest BCUT2D eigenvalue weighted by atomic mass is 9.94. The van der Waals surface area contributed by atoms with Gasteiger partial charge in [0, 0.05) is 13.8 Å². The van der Waals surface area contributed by atoms with E-state index >= 15 is 0 Å². The summed E-state index contributed by atoms with van der Waals surface area (Å²) >= 11 is 0. The van der Waals surface area contributed by atoms with Gasteiger partial charge in [0.05, 0.1) is 39.6 Å². The summed E-state index contributed by atoms with van der Waals surface area (Å²) in [6.45, 7) is -3.62. The fourth-order valence-electron chi connectivity index (χ4n) is 9.21. The highest BCUT2D eigenvalue weighted by atomic mass is 16.8. The van der Waals surface area contributed by atoms with Crippen LogP contribution in [0.15, 0.2) is 0 Å². The Morgan fingerprint density at radius 3 is 1.18 bits per heavy atom. The first-order valence-corrected chi connectivity index (χ1v) is 23.1. The molecule has 30 atom stereocenters. The summed E-state index contributed by atoms with van der Waals surface area (Å²) in [5.41, 5.74) is 0. The van der Waals surface area contributed by atoms with Crippen molar-refractivity contribution in [1.82, 2.24) is 10.6 Å². The predicted octanol–water partition coefficient (Wildman–Crippen LogP) is -13.8. The molecule has 2 amide bonds. The van der Waals surface area contributed by atoms with Crippen LogP contribution in [0.25, 0.3) is 0 Å². The van der Waals surface area contributed by atoms with Crippen LogP contribution >= 0.6 is 0 Å². The van der Waals surface area contributed by atoms with Crippen molar-refractivity contribution in [3.05, 3.63) is 0 Å². The van der Waals surface area contributed by atoms with Gasteiger partial charge in [-0.15, -0.1) is 0 Å². The van der Waals surface area contributed by atoms with Crippen LogP contribution in [-0.2, 0) is 61.7 Å². The largest absolute Gasteiger partial charge is 0.394 e.